The quantitative estimate of drug-likeness (QED) is 0.649. The number of nitrogens with one attached hydrogen (secondary N) is 1. The molecule has 1 N–H and O–H groups in total. The number of anilines is 4. The fraction of sp³-hybridized carbons (Fsp3) is 0.333. The van der Waals surface area contributed by atoms with Crippen molar-refractivity contribution in [1.29, 1.82) is 0 Å². The van der Waals surface area contributed by atoms with E-state index in [1.165, 1.54) is 16.8 Å². The molecule has 0 atom stereocenters. The number of hydrogen-bond acceptors (Lipinski definition) is 5. The van der Waals surface area contributed by atoms with E-state index in [-0.39, 0.29) is 0 Å². The summed E-state index contributed by atoms with van der Waals surface area (Å²) in [7, 11) is 0. The fourth-order valence-corrected chi connectivity index (χ4v) is 3.92. The third kappa shape index (κ3) is 4.34. The highest BCUT2D eigenvalue weighted by Gasteiger charge is 2.19. The largest absolute Gasteiger partial charge is 0.372 e. The van der Waals surface area contributed by atoms with Crippen LogP contribution < -0.4 is 15.1 Å². The summed E-state index contributed by atoms with van der Waals surface area (Å²) in [5.41, 5.74) is 6.05. The molecule has 0 aliphatic carbocycles. The zero-order valence-corrected chi connectivity index (χ0v) is 17.5. The lowest BCUT2D eigenvalue weighted by molar-refractivity contribution is 0.706. The number of nitrogens with zero attached hydrogens (tertiary/aromatic N) is 4. The molecule has 1 aliphatic rings. The Hall–Kier alpha value is -3.08. The fourth-order valence-electron chi connectivity index (χ4n) is 3.92. The highest BCUT2D eigenvalue weighted by molar-refractivity contribution is 5.62. The molecule has 1 aromatic heterocycles. The average molecular weight is 388 g/mol. The second kappa shape index (κ2) is 8.52. The van der Waals surface area contributed by atoms with Crippen LogP contribution >= 0.6 is 0 Å². The van der Waals surface area contributed by atoms with Crippen LogP contribution in [0.15, 0.2) is 54.6 Å². The highest BCUT2D eigenvalue weighted by Crippen LogP contribution is 2.25. The van der Waals surface area contributed by atoms with Crippen molar-refractivity contribution in [2.75, 3.05) is 34.8 Å². The van der Waals surface area contributed by atoms with E-state index in [9.17, 15) is 0 Å². The molecular weight excluding hydrogens is 358 g/mol. The van der Waals surface area contributed by atoms with Crippen LogP contribution in [-0.2, 0) is 13.0 Å². The van der Waals surface area contributed by atoms with Gasteiger partial charge in [0.2, 0.25) is 5.95 Å². The van der Waals surface area contributed by atoms with E-state index in [0.29, 0.717) is 0 Å². The van der Waals surface area contributed by atoms with Gasteiger partial charge < -0.3 is 15.1 Å². The van der Waals surface area contributed by atoms with Gasteiger partial charge >= 0.3 is 0 Å². The first-order chi connectivity index (χ1) is 14.2. The first-order valence-corrected chi connectivity index (χ1v) is 10.5. The van der Waals surface area contributed by atoms with Crippen LogP contribution in [0.4, 0.5) is 23.1 Å². The second-order valence-electron chi connectivity index (χ2n) is 7.48. The molecule has 29 heavy (non-hydrogen) atoms. The normalized spacial score (nSPS) is 13.1. The molecule has 0 bridgehead atoms. The summed E-state index contributed by atoms with van der Waals surface area (Å²) < 4.78 is 0. The van der Waals surface area contributed by atoms with Gasteiger partial charge in [0.1, 0.15) is 5.82 Å². The molecule has 0 fully saturated rings. The summed E-state index contributed by atoms with van der Waals surface area (Å²) in [6, 6.07) is 19.2. The van der Waals surface area contributed by atoms with Crippen LogP contribution in [0.5, 0.6) is 0 Å². The van der Waals surface area contributed by atoms with Crippen LogP contribution in [0.1, 0.15) is 30.7 Å². The maximum atomic E-state index is 4.81. The van der Waals surface area contributed by atoms with Crippen molar-refractivity contribution in [2.24, 2.45) is 0 Å². The molecular formula is C24H29N5. The molecule has 0 saturated carbocycles. The van der Waals surface area contributed by atoms with E-state index in [1.807, 2.05) is 13.0 Å². The van der Waals surface area contributed by atoms with Crippen molar-refractivity contribution >= 4 is 23.1 Å². The van der Waals surface area contributed by atoms with Crippen molar-refractivity contribution in [3.63, 3.8) is 0 Å². The zero-order valence-electron chi connectivity index (χ0n) is 17.5. The van der Waals surface area contributed by atoms with E-state index in [0.717, 1.165) is 55.7 Å². The van der Waals surface area contributed by atoms with Crippen LogP contribution in [0.3, 0.4) is 0 Å². The maximum absolute atomic E-state index is 4.81. The summed E-state index contributed by atoms with van der Waals surface area (Å²) in [5, 5.41) is 3.45. The molecule has 0 spiro atoms. The van der Waals surface area contributed by atoms with E-state index < -0.39 is 0 Å². The second-order valence-corrected chi connectivity index (χ2v) is 7.48. The Bertz CT molecular complexity index is 963. The van der Waals surface area contributed by atoms with E-state index >= 15 is 0 Å². The third-order valence-corrected chi connectivity index (χ3v) is 5.52. The molecule has 0 saturated heterocycles. The van der Waals surface area contributed by atoms with Crippen LogP contribution in [-0.4, -0.2) is 29.6 Å². The SMILES string of the molecule is CCN(CC)c1ccc(Nc2cc(C)nc(N3CCc4ccccc4C3)n2)cc1. The van der Waals surface area contributed by atoms with E-state index in [1.54, 1.807) is 0 Å². The van der Waals surface area contributed by atoms with Gasteiger partial charge in [0.05, 0.1) is 0 Å². The number of fused-ring (bicyclic) bond motifs is 1. The van der Waals surface area contributed by atoms with Gasteiger partial charge in [-0.05, 0) is 62.6 Å². The standard InChI is InChI=1S/C24H29N5/c1-4-28(5-2)22-12-10-21(11-13-22)26-23-16-18(3)25-24(27-23)29-15-14-19-8-6-7-9-20(19)17-29/h6-13,16H,4-5,14-15,17H2,1-3H3,(H,25,26,27). The smallest absolute Gasteiger partial charge is 0.227 e. The Morgan fingerprint density at radius 2 is 1.69 bits per heavy atom. The van der Waals surface area contributed by atoms with Crippen molar-refractivity contribution in [1.82, 2.24) is 9.97 Å². The minimum absolute atomic E-state index is 0.793. The first-order valence-electron chi connectivity index (χ1n) is 10.5. The van der Waals surface area contributed by atoms with Crippen molar-refractivity contribution in [3.8, 4) is 0 Å². The van der Waals surface area contributed by atoms with E-state index in [2.05, 4.69) is 77.5 Å². The van der Waals surface area contributed by atoms with Gasteiger partial charge in [-0.3, -0.25) is 0 Å². The highest BCUT2D eigenvalue weighted by atomic mass is 15.3. The minimum Gasteiger partial charge on any atom is -0.372 e. The molecule has 0 unspecified atom stereocenters. The zero-order chi connectivity index (χ0) is 20.2. The number of aryl methyl sites for hydroxylation is 1. The van der Waals surface area contributed by atoms with Gasteiger partial charge in [-0.2, -0.15) is 4.98 Å². The topological polar surface area (TPSA) is 44.3 Å². The van der Waals surface area contributed by atoms with Crippen molar-refractivity contribution in [2.45, 2.75) is 33.7 Å². The molecule has 150 valence electrons. The van der Waals surface area contributed by atoms with Crippen LogP contribution in [0.2, 0.25) is 0 Å². The van der Waals surface area contributed by atoms with Gasteiger partial charge in [-0.15, -0.1) is 0 Å². The number of aromatic nitrogens is 2. The maximum Gasteiger partial charge on any atom is 0.227 e. The predicted octanol–water partition coefficient (Wildman–Crippen LogP) is 4.94. The molecule has 4 rings (SSSR count). The summed E-state index contributed by atoms with van der Waals surface area (Å²) >= 11 is 0. The van der Waals surface area contributed by atoms with Crippen molar-refractivity contribution < 1.29 is 0 Å². The number of benzene rings is 2. The summed E-state index contributed by atoms with van der Waals surface area (Å²) in [5.74, 6) is 1.63. The van der Waals surface area contributed by atoms with Crippen LogP contribution in [0, 0.1) is 6.92 Å². The molecule has 1 aliphatic heterocycles. The summed E-state index contributed by atoms with van der Waals surface area (Å²) in [4.78, 5) is 14.1. The minimum atomic E-state index is 0.793. The van der Waals surface area contributed by atoms with Gasteiger partial charge in [0.25, 0.3) is 0 Å². The Morgan fingerprint density at radius 3 is 2.41 bits per heavy atom. The van der Waals surface area contributed by atoms with E-state index in [4.69, 9.17) is 9.97 Å². The number of rotatable bonds is 6. The lowest BCUT2D eigenvalue weighted by atomic mass is 10.0. The molecule has 5 nitrogen and oxygen atoms in total. The van der Waals surface area contributed by atoms with Gasteiger partial charge in [0, 0.05) is 49.3 Å². The monoisotopic (exact) mass is 387 g/mol. The molecule has 0 amide bonds. The average Bonchev–Trinajstić information content (AvgIpc) is 2.75. The van der Waals surface area contributed by atoms with Crippen molar-refractivity contribution in [3.05, 3.63) is 71.4 Å². The molecule has 5 heteroatoms. The van der Waals surface area contributed by atoms with Crippen LogP contribution in [0.25, 0.3) is 0 Å². The molecule has 2 aromatic carbocycles. The lowest BCUT2D eigenvalue weighted by Crippen LogP contribution is -2.32. The van der Waals surface area contributed by atoms with Gasteiger partial charge in [-0.25, -0.2) is 4.98 Å². The first kappa shape index (κ1) is 19.2. The third-order valence-electron chi connectivity index (χ3n) is 5.52. The Morgan fingerprint density at radius 1 is 0.966 bits per heavy atom. The Labute approximate surface area is 173 Å². The Kier molecular flexibility index (Phi) is 5.65. The Balaban J connectivity index is 1.52. The number of hydrogen-bond donors (Lipinski definition) is 1. The molecule has 2 heterocycles. The summed E-state index contributed by atoms with van der Waals surface area (Å²) in [6.07, 6.45) is 1.03. The predicted molar refractivity (Wildman–Crippen MR) is 121 cm³/mol. The van der Waals surface area contributed by atoms with Gasteiger partial charge in [-0.1, -0.05) is 24.3 Å². The lowest BCUT2D eigenvalue weighted by Gasteiger charge is -2.29. The van der Waals surface area contributed by atoms with Gasteiger partial charge in [0.15, 0.2) is 0 Å². The summed E-state index contributed by atoms with van der Waals surface area (Å²) in [6.45, 7) is 10.2. The molecule has 0 radical (unpaired) electrons. The molecule has 3 aromatic rings.